The van der Waals surface area contributed by atoms with Gasteiger partial charge in [-0.15, -0.1) is 0 Å². The predicted octanol–water partition coefficient (Wildman–Crippen LogP) is 3.56. The van der Waals surface area contributed by atoms with Gasteiger partial charge in [0.1, 0.15) is 5.82 Å². The van der Waals surface area contributed by atoms with Crippen LogP contribution in [0.3, 0.4) is 0 Å². The molecule has 1 aromatic heterocycles. The molecule has 30 heavy (non-hydrogen) atoms. The van der Waals surface area contributed by atoms with Crippen LogP contribution >= 0.6 is 0 Å². The van der Waals surface area contributed by atoms with Gasteiger partial charge in [0.15, 0.2) is 0 Å². The molecule has 2 fully saturated rings. The molecule has 1 aromatic carbocycles. The number of nitrogens with one attached hydrogen (secondary N) is 1. The number of nitrogens with zero attached hydrogens (tertiary/aromatic N) is 4. The van der Waals surface area contributed by atoms with E-state index in [1.54, 1.807) is 6.20 Å². The molecule has 4 rings (SSSR count). The van der Waals surface area contributed by atoms with Gasteiger partial charge in [-0.3, -0.25) is 9.59 Å². The first-order chi connectivity index (χ1) is 14.5. The zero-order valence-corrected chi connectivity index (χ0v) is 17.9. The summed E-state index contributed by atoms with van der Waals surface area (Å²) in [5.41, 5.74) is 1.80. The van der Waals surface area contributed by atoms with Gasteiger partial charge in [0, 0.05) is 50.4 Å². The van der Waals surface area contributed by atoms with Crippen LogP contribution in [0.25, 0.3) is 0 Å². The minimum atomic E-state index is 0.0778. The van der Waals surface area contributed by atoms with E-state index >= 15 is 0 Å². The molecule has 1 N–H and O–H groups in total. The van der Waals surface area contributed by atoms with Crippen molar-refractivity contribution in [2.45, 2.75) is 44.6 Å². The smallest absolute Gasteiger partial charge is 0.253 e. The zero-order chi connectivity index (χ0) is 21.1. The second-order valence-corrected chi connectivity index (χ2v) is 8.60. The van der Waals surface area contributed by atoms with Gasteiger partial charge in [-0.05, 0) is 49.9 Å². The molecule has 1 saturated carbocycles. The van der Waals surface area contributed by atoms with E-state index in [2.05, 4.69) is 10.4 Å². The molecule has 0 bridgehead atoms. The summed E-state index contributed by atoms with van der Waals surface area (Å²) in [4.78, 5) is 29.3. The van der Waals surface area contributed by atoms with E-state index in [9.17, 15) is 9.59 Å². The standard InChI is InChI=1S/C23H31N5O2/c1-26(2)19-9-7-18(8-10-19)23(30)27-15-12-20(13-16-27)28-21(11-14-24-28)25-22(29)17-5-3-4-6-17/h7-11,14,17,20H,3-6,12-13,15-16H2,1-2H3,(H,25,29). The average Bonchev–Trinajstić information content (AvgIpc) is 3.46. The number of anilines is 2. The lowest BCUT2D eigenvalue weighted by molar-refractivity contribution is -0.119. The normalized spacial score (nSPS) is 17.9. The van der Waals surface area contributed by atoms with Crippen molar-refractivity contribution in [3.8, 4) is 0 Å². The SMILES string of the molecule is CN(C)c1ccc(C(=O)N2CCC(n3nccc3NC(=O)C3CCCC3)CC2)cc1. The molecule has 1 saturated heterocycles. The highest BCUT2D eigenvalue weighted by atomic mass is 16.2. The van der Waals surface area contributed by atoms with E-state index in [-0.39, 0.29) is 23.8 Å². The molecule has 0 radical (unpaired) electrons. The van der Waals surface area contributed by atoms with Gasteiger partial charge >= 0.3 is 0 Å². The van der Waals surface area contributed by atoms with Crippen molar-refractivity contribution in [3.63, 3.8) is 0 Å². The Kier molecular flexibility index (Phi) is 6.06. The molecule has 2 heterocycles. The highest BCUT2D eigenvalue weighted by Gasteiger charge is 2.28. The van der Waals surface area contributed by atoms with Crippen LogP contribution in [0.4, 0.5) is 11.5 Å². The average molecular weight is 410 g/mol. The van der Waals surface area contributed by atoms with Crippen molar-refractivity contribution in [2.75, 3.05) is 37.4 Å². The topological polar surface area (TPSA) is 70.5 Å². The molecular weight excluding hydrogens is 378 g/mol. The minimum absolute atomic E-state index is 0.0778. The van der Waals surface area contributed by atoms with Gasteiger partial charge in [0.05, 0.1) is 12.2 Å². The lowest BCUT2D eigenvalue weighted by Crippen LogP contribution is -2.39. The summed E-state index contributed by atoms with van der Waals surface area (Å²) in [5, 5.41) is 7.55. The number of likely N-dealkylation sites (tertiary alicyclic amines) is 1. The quantitative estimate of drug-likeness (QED) is 0.820. The molecule has 1 aliphatic heterocycles. The monoisotopic (exact) mass is 409 g/mol. The van der Waals surface area contributed by atoms with E-state index in [0.717, 1.165) is 55.6 Å². The molecule has 2 amide bonds. The van der Waals surface area contributed by atoms with E-state index in [0.29, 0.717) is 13.1 Å². The highest BCUT2D eigenvalue weighted by Crippen LogP contribution is 2.29. The Morgan fingerprint density at radius 3 is 2.30 bits per heavy atom. The van der Waals surface area contributed by atoms with Crippen molar-refractivity contribution in [3.05, 3.63) is 42.1 Å². The Morgan fingerprint density at radius 1 is 1.00 bits per heavy atom. The van der Waals surface area contributed by atoms with E-state index in [1.165, 1.54) is 0 Å². The van der Waals surface area contributed by atoms with Crippen molar-refractivity contribution in [1.82, 2.24) is 14.7 Å². The van der Waals surface area contributed by atoms with Gasteiger partial charge < -0.3 is 15.1 Å². The second kappa shape index (κ2) is 8.90. The van der Waals surface area contributed by atoms with E-state index < -0.39 is 0 Å². The molecule has 0 atom stereocenters. The Morgan fingerprint density at radius 2 is 1.67 bits per heavy atom. The van der Waals surface area contributed by atoms with Crippen LogP contribution in [0.15, 0.2) is 36.5 Å². The molecule has 160 valence electrons. The number of hydrogen-bond acceptors (Lipinski definition) is 4. The summed E-state index contributed by atoms with van der Waals surface area (Å²) in [6.07, 6.45) is 7.65. The van der Waals surface area contributed by atoms with Gasteiger partial charge in [-0.1, -0.05) is 12.8 Å². The largest absolute Gasteiger partial charge is 0.378 e. The Balaban J connectivity index is 1.35. The first-order valence-electron chi connectivity index (χ1n) is 10.9. The van der Waals surface area contributed by atoms with Crippen molar-refractivity contribution < 1.29 is 9.59 Å². The van der Waals surface area contributed by atoms with Crippen LogP contribution in [0.2, 0.25) is 0 Å². The van der Waals surface area contributed by atoms with Crippen LogP contribution < -0.4 is 10.2 Å². The predicted molar refractivity (Wildman–Crippen MR) is 118 cm³/mol. The maximum Gasteiger partial charge on any atom is 0.253 e. The first kappa shape index (κ1) is 20.4. The van der Waals surface area contributed by atoms with Gasteiger partial charge in [-0.25, -0.2) is 4.68 Å². The Labute approximate surface area is 178 Å². The van der Waals surface area contributed by atoms with Crippen molar-refractivity contribution in [2.24, 2.45) is 5.92 Å². The van der Waals surface area contributed by atoms with Crippen LogP contribution in [-0.4, -0.2) is 53.7 Å². The highest BCUT2D eigenvalue weighted by molar-refractivity contribution is 5.94. The number of aromatic nitrogens is 2. The third-order valence-electron chi connectivity index (χ3n) is 6.38. The zero-order valence-electron chi connectivity index (χ0n) is 17.9. The van der Waals surface area contributed by atoms with Gasteiger partial charge in [0.25, 0.3) is 5.91 Å². The van der Waals surface area contributed by atoms with Crippen LogP contribution in [0.5, 0.6) is 0 Å². The fourth-order valence-corrected chi connectivity index (χ4v) is 4.52. The maximum absolute atomic E-state index is 12.9. The van der Waals surface area contributed by atoms with Crippen molar-refractivity contribution in [1.29, 1.82) is 0 Å². The maximum atomic E-state index is 12.9. The Hall–Kier alpha value is -2.83. The minimum Gasteiger partial charge on any atom is -0.378 e. The lowest BCUT2D eigenvalue weighted by atomic mass is 10.0. The summed E-state index contributed by atoms with van der Waals surface area (Å²) in [7, 11) is 3.97. The summed E-state index contributed by atoms with van der Waals surface area (Å²) in [5.74, 6) is 1.10. The second-order valence-electron chi connectivity index (χ2n) is 8.60. The fraction of sp³-hybridized carbons (Fsp3) is 0.522. The van der Waals surface area contributed by atoms with Crippen molar-refractivity contribution >= 4 is 23.3 Å². The van der Waals surface area contributed by atoms with Crippen LogP contribution in [0, 0.1) is 5.92 Å². The number of benzene rings is 1. The number of carbonyl (C=O) groups is 2. The number of rotatable bonds is 5. The Bertz CT molecular complexity index is 875. The van der Waals surface area contributed by atoms with Gasteiger partial charge in [-0.2, -0.15) is 5.10 Å². The molecular formula is C23H31N5O2. The molecule has 2 aromatic rings. The summed E-state index contributed by atoms with van der Waals surface area (Å²) in [6.45, 7) is 1.38. The first-order valence-corrected chi connectivity index (χ1v) is 10.9. The summed E-state index contributed by atoms with van der Waals surface area (Å²) >= 11 is 0. The third-order valence-corrected chi connectivity index (χ3v) is 6.38. The van der Waals surface area contributed by atoms with E-state index in [1.807, 2.05) is 58.9 Å². The number of carbonyl (C=O) groups excluding carboxylic acids is 2. The molecule has 2 aliphatic rings. The third kappa shape index (κ3) is 4.35. The molecule has 1 aliphatic carbocycles. The molecule has 7 heteroatoms. The van der Waals surface area contributed by atoms with Crippen LogP contribution in [-0.2, 0) is 4.79 Å². The number of amides is 2. The molecule has 7 nitrogen and oxygen atoms in total. The molecule has 0 unspecified atom stereocenters. The molecule has 0 spiro atoms. The fourth-order valence-electron chi connectivity index (χ4n) is 4.52. The number of hydrogen-bond donors (Lipinski definition) is 1. The van der Waals surface area contributed by atoms with E-state index in [4.69, 9.17) is 0 Å². The van der Waals surface area contributed by atoms with Gasteiger partial charge in [0.2, 0.25) is 5.91 Å². The van der Waals surface area contributed by atoms with Crippen LogP contribution in [0.1, 0.15) is 54.9 Å². The lowest BCUT2D eigenvalue weighted by Gasteiger charge is -2.33. The summed E-state index contributed by atoms with van der Waals surface area (Å²) < 4.78 is 1.93. The number of piperidine rings is 1. The summed E-state index contributed by atoms with van der Waals surface area (Å²) in [6, 6.07) is 9.81.